The standard InChI is InChI=1S/C28H20N2O4S2/c31-35(32,23-13-3-1-4-14-23)29-25-17-9-7-11-21(25)19-27(29)28-20-22-12-8-10-18-26(22)30(28)36(33,34)24-15-5-2-6-16-24/h1-20H. The van der Waals surface area contributed by atoms with Gasteiger partial charge in [-0.05, 0) is 48.5 Å². The fraction of sp³-hybridized carbons (Fsp3) is 0. The van der Waals surface area contributed by atoms with Crippen LogP contribution in [0.25, 0.3) is 33.2 Å². The van der Waals surface area contributed by atoms with Gasteiger partial charge >= 0.3 is 0 Å². The lowest BCUT2D eigenvalue weighted by Gasteiger charge is -2.15. The summed E-state index contributed by atoms with van der Waals surface area (Å²) in [5, 5.41) is 1.36. The Labute approximate surface area is 208 Å². The van der Waals surface area contributed by atoms with Crippen LogP contribution in [-0.4, -0.2) is 24.8 Å². The van der Waals surface area contributed by atoms with Crippen LogP contribution in [0.5, 0.6) is 0 Å². The Balaban J connectivity index is 1.74. The van der Waals surface area contributed by atoms with Gasteiger partial charge in [0.1, 0.15) is 0 Å². The number of rotatable bonds is 5. The summed E-state index contributed by atoms with van der Waals surface area (Å²) in [7, 11) is -8.11. The maximum absolute atomic E-state index is 14.0. The van der Waals surface area contributed by atoms with Crippen LogP contribution in [0.1, 0.15) is 0 Å². The van der Waals surface area contributed by atoms with E-state index in [9.17, 15) is 16.8 Å². The van der Waals surface area contributed by atoms with E-state index in [0.717, 1.165) is 0 Å². The summed E-state index contributed by atoms with van der Waals surface area (Å²) in [6.45, 7) is 0. The molecule has 2 aromatic heterocycles. The number of nitrogens with zero attached hydrogens (tertiary/aromatic N) is 2. The van der Waals surface area contributed by atoms with Gasteiger partial charge in [-0.25, -0.2) is 24.8 Å². The predicted molar refractivity (Wildman–Crippen MR) is 141 cm³/mol. The summed E-state index contributed by atoms with van der Waals surface area (Å²) in [4.78, 5) is 0.224. The Kier molecular flexibility index (Phi) is 5.10. The lowest BCUT2D eigenvalue weighted by molar-refractivity contribution is 0.586. The second kappa shape index (κ2) is 8.22. The lowest BCUT2D eigenvalue weighted by atomic mass is 10.2. The van der Waals surface area contributed by atoms with Gasteiger partial charge in [-0.15, -0.1) is 0 Å². The first-order valence-corrected chi connectivity index (χ1v) is 14.1. The van der Waals surface area contributed by atoms with Crippen LogP contribution in [0, 0.1) is 0 Å². The summed E-state index contributed by atoms with van der Waals surface area (Å²) in [5.74, 6) is 0. The van der Waals surface area contributed by atoms with Crippen LogP contribution in [0.3, 0.4) is 0 Å². The Morgan fingerprint density at radius 2 is 0.750 bits per heavy atom. The number of fused-ring (bicyclic) bond motifs is 2. The van der Waals surface area contributed by atoms with Crippen molar-refractivity contribution >= 4 is 41.9 Å². The highest BCUT2D eigenvalue weighted by Gasteiger charge is 2.29. The van der Waals surface area contributed by atoms with Crippen molar-refractivity contribution < 1.29 is 16.8 Å². The Hall–Kier alpha value is -4.14. The van der Waals surface area contributed by atoms with Crippen molar-refractivity contribution in [3.63, 3.8) is 0 Å². The van der Waals surface area contributed by atoms with E-state index in [-0.39, 0.29) is 21.2 Å². The zero-order valence-electron chi connectivity index (χ0n) is 18.9. The molecule has 0 aliphatic rings. The Bertz CT molecular complexity index is 1810. The molecule has 0 atom stereocenters. The second-order valence-corrected chi connectivity index (χ2v) is 11.9. The quantitative estimate of drug-likeness (QED) is 0.295. The van der Waals surface area contributed by atoms with Crippen molar-refractivity contribution in [3.8, 4) is 11.4 Å². The number of hydrogen-bond donors (Lipinski definition) is 0. The van der Waals surface area contributed by atoms with E-state index in [4.69, 9.17) is 0 Å². The molecule has 2 heterocycles. The highest BCUT2D eigenvalue weighted by atomic mass is 32.2. The molecule has 0 bridgehead atoms. The Morgan fingerprint density at radius 1 is 0.417 bits per heavy atom. The van der Waals surface area contributed by atoms with E-state index >= 15 is 0 Å². The van der Waals surface area contributed by atoms with Crippen molar-refractivity contribution in [2.24, 2.45) is 0 Å². The molecule has 178 valence electrons. The molecule has 8 heteroatoms. The normalized spacial score (nSPS) is 12.3. The van der Waals surface area contributed by atoms with Crippen LogP contribution in [0.4, 0.5) is 0 Å². The van der Waals surface area contributed by atoms with Crippen LogP contribution in [-0.2, 0) is 20.0 Å². The maximum atomic E-state index is 14.0. The van der Waals surface area contributed by atoms with Crippen molar-refractivity contribution in [2.75, 3.05) is 0 Å². The number of aromatic nitrogens is 2. The van der Waals surface area contributed by atoms with E-state index in [0.29, 0.717) is 21.8 Å². The first-order valence-electron chi connectivity index (χ1n) is 11.2. The molecule has 4 aromatic carbocycles. The van der Waals surface area contributed by atoms with Gasteiger partial charge in [0.15, 0.2) is 0 Å². The lowest BCUT2D eigenvalue weighted by Crippen LogP contribution is -2.18. The topological polar surface area (TPSA) is 78.1 Å². The average Bonchev–Trinajstić information content (AvgIpc) is 3.49. The largest absolute Gasteiger partial charge is 0.268 e. The SMILES string of the molecule is O=S(=O)(c1ccccc1)n1c(-c2cc3ccccc3n2S(=O)(=O)c2ccccc2)cc2ccccc21. The third-order valence-electron chi connectivity index (χ3n) is 6.16. The van der Waals surface area contributed by atoms with Crippen LogP contribution >= 0.6 is 0 Å². The minimum atomic E-state index is -4.06. The molecule has 0 N–H and O–H groups in total. The molecule has 0 aliphatic heterocycles. The van der Waals surface area contributed by atoms with E-state index in [1.54, 1.807) is 72.8 Å². The van der Waals surface area contributed by atoms with E-state index in [1.165, 1.54) is 32.2 Å². The minimum absolute atomic E-state index is 0.112. The third kappa shape index (κ3) is 3.37. The van der Waals surface area contributed by atoms with Gasteiger partial charge in [-0.1, -0.05) is 72.8 Å². The van der Waals surface area contributed by atoms with Crippen molar-refractivity contribution in [3.05, 3.63) is 121 Å². The van der Waals surface area contributed by atoms with E-state index < -0.39 is 20.0 Å². The molecule has 0 unspecified atom stereocenters. The van der Waals surface area contributed by atoms with Crippen molar-refractivity contribution in [1.82, 2.24) is 7.94 Å². The Morgan fingerprint density at radius 3 is 1.14 bits per heavy atom. The number of para-hydroxylation sites is 2. The summed E-state index contributed by atoms with van der Waals surface area (Å²) in [6, 6.07) is 34.0. The van der Waals surface area contributed by atoms with Crippen molar-refractivity contribution in [1.29, 1.82) is 0 Å². The average molecular weight is 513 g/mol. The van der Waals surface area contributed by atoms with E-state index in [2.05, 4.69) is 0 Å². The van der Waals surface area contributed by atoms with Gasteiger partial charge in [0, 0.05) is 10.8 Å². The summed E-state index contributed by atoms with van der Waals surface area (Å²) in [5.41, 5.74) is 1.45. The van der Waals surface area contributed by atoms with Crippen LogP contribution in [0.2, 0.25) is 0 Å². The predicted octanol–water partition coefficient (Wildman–Crippen LogP) is 5.74. The molecule has 0 spiro atoms. The first-order chi connectivity index (χ1) is 17.4. The maximum Gasteiger partial charge on any atom is 0.268 e. The summed E-state index contributed by atoms with van der Waals surface area (Å²) >= 11 is 0. The molecular formula is C28H20N2O4S2. The summed E-state index contributed by atoms with van der Waals surface area (Å²) in [6.07, 6.45) is 0. The van der Waals surface area contributed by atoms with Gasteiger partial charge in [-0.3, -0.25) is 0 Å². The monoisotopic (exact) mass is 512 g/mol. The van der Waals surface area contributed by atoms with E-state index in [1.807, 2.05) is 24.3 Å². The molecule has 0 amide bonds. The van der Waals surface area contributed by atoms with Gasteiger partial charge in [0.05, 0.1) is 32.2 Å². The zero-order valence-corrected chi connectivity index (χ0v) is 20.5. The molecule has 0 fully saturated rings. The molecule has 0 saturated carbocycles. The zero-order chi connectivity index (χ0) is 24.9. The smallest absolute Gasteiger partial charge is 0.232 e. The van der Waals surface area contributed by atoms with Crippen LogP contribution in [0.15, 0.2) is 131 Å². The molecule has 0 radical (unpaired) electrons. The first kappa shape index (κ1) is 22.3. The second-order valence-electron chi connectivity index (χ2n) is 8.34. The van der Waals surface area contributed by atoms with Gasteiger partial charge < -0.3 is 0 Å². The fourth-order valence-corrected chi connectivity index (χ4v) is 7.61. The third-order valence-corrected chi connectivity index (χ3v) is 9.64. The van der Waals surface area contributed by atoms with Gasteiger partial charge in [0.25, 0.3) is 20.0 Å². The number of benzene rings is 4. The van der Waals surface area contributed by atoms with Gasteiger partial charge in [-0.2, -0.15) is 0 Å². The number of hydrogen-bond acceptors (Lipinski definition) is 4. The molecular weight excluding hydrogens is 492 g/mol. The van der Waals surface area contributed by atoms with Crippen molar-refractivity contribution in [2.45, 2.75) is 9.79 Å². The molecule has 6 nitrogen and oxygen atoms in total. The van der Waals surface area contributed by atoms with Gasteiger partial charge in [0.2, 0.25) is 0 Å². The molecule has 36 heavy (non-hydrogen) atoms. The molecule has 6 aromatic rings. The highest BCUT2D eigenvalue weighted by Crippen LogP contribution is 2.37. The summed E-state index contributed by atoms with van der Waals surface area (Å²) < 4.78 is 58.3. The van der Waals surface area contributed by atoms with Crippen LogP contribution < -0.4 is 0 Å². The highest BCUT2D eigenvalue weighted by molar-refractivity contribution is 7.90. The molecule has 0 aliphatic carbocycles. The fourth-order valence-electron chi connectivity index (χ4n) is 4.53. The molecule has 6 rings (SSSR count). The molecule has 0 saturated heterocycles. The minimum Gasteiger partial charge on any atom is -0.232 e.